The standard InChI is InChI=1S/C21H21N2.CH4/c1-14-8-13-19-20-17(14)6-5-7-18(20)21(23(19)4)15-9-11-16(12-10-15)22(2)3;/h5-13H,1-4H3;1H4/q+1;. The molecule has 0 spiro atoms. The van der Waals surface area contributed by atoms with E-state index in [1.165, 1.54) is 44.5 Å². The summed E-state index contributed by atoms with van der Waals surface area (Å²) in [7, 11) is 6.31. The van der Waals surface area contributed by atoms with Gasteiger partial charge in [0.25, 0.3) is 0 Å². The maximum absolute atomic E-state index is 2.32. The third-order valence-corrected chi connectivity index (χ3v) is 4.85. The van der Waals surface area contributed by atoms with Crippen LogP contribution < -0.4 is 4.90 Å². The van der Waals surface area contributed by atoms with E-state index in [-0.39, 0.29) is 7.43 Å². The van der Waals surface area contributed by atoms with Gasteiger partial charge in [-0.3, -0.25) is 0 Å². The highest BCUT2D eigenvalue weighted by Gasteiger charge is 2.30. The molecule has 0 saturated carbocycles. The van der Waals surface area contributed by atoms with Gasteiger partial charge in [-0.05, 0) is 48.2 Å². The Labute approximate surface area is 144 Å². The predicted octanol–water partition coefficient (Wildman–Crippen LogP) is 4.98. The van der Waals surface area contributed by atoms with Crippen LogP contribution in [0.5, 0.6) is 0 Å². The van der Waals surface area contributed by atoms with Gasteiger partial charge in [-0.2, -0.15) is 4.58 Å². The average molecular weight is 317 g/mol. The van der Waals surface area contributed by atoms with E-state index >= 15 is 0 Å². The number of benzene rings is 3. The maximum atomic E-state index is 2.32. The topological polar surface area (TPSA) is 6.25 Å². The summed E-state index contributed by atoms with van der Waals surface area (Å²) in [5.41, 5.74) is 7.75. The second-order valence-electron chi connectivity index (χ2n) is 6.48. The zero-order chi connectivity index (χ0) is 16.1. The van der Waals surface area contributed by atoms with Crippen LogP contribution in [-0.2, 0) is 0 Å². The fourth-order valence-corrected chi connectivity index (χ4v) is 3.58. The van der Waals surface area contributed by atoms with Gasteiger partial charge in [-0.15, -0.1) is 0 Å². The van der Waals surface area contributed by atoms with Crippen LogP contribution in [0, 0.1) is 6.92 Å². The minimum atomic E-state index is 0. The smallest absolute Gasteiger partial charge is 0.220 e. The minimum Gasteiger partial charge on any atom is -0.378 e. The van der Waals surface area contributed by atoms with Gasteiger partial charge in [-0.25, -0.2) is 0 Å². The van der Waals surface area contributed by atoms with Gasteiger partial charge < -0.3 is 4.90 Å². The molecule has 0 fully saturated rings. The highest BCUT2D eigenvalue weighted by Crippen LogP contribution is 2.37. The molecule has 0 saturated heterocycles. The molecule has 0 bridgehead atoms. The number of hydrogen-bond acceptors (Lipinski definition) is 1. The Kier molecular flexibility index (Phi) is 3.92. The van der Waals surface area contributed by atoms with Crippen molar-refractivity contribution in [1.29, 1.82) is 0 Å². The summed E-state index contributed by atoms with van der Waals surface area (Å²) in [6.45, 7) is 2.19. The van der Waals surface area contributed by atoms with E-state index in [0.29, 0.717) is 0 Å². The lowest BCUT2D eigenvalue weighted by molar-refractivity contribution is -0.399. The summed E-state index contributed by atoms with van der Waals surface area (Å²) in [6.07, 6.45) is 0. The Morgan fingerprint density at radius 1 is 0.875 bits per heavy atom. The van der Waals surface area contributed by atoms with E-state index in [9.17, 15) is 0 Å². The SMILES string of the molecule is C.Cc1ccc2c3c(cccc13)C(c1ccc(N(C)C)cc1)=[N+]2C. The second-order valence-corrected chi connectivity index (χ2v) is 6.48. The van der Waals surface area contributed by atoms with Gasteiger partial charge in [0.2, 0.25) is 11.4 Å². The van der Waals surface area contributed by atoms with Crippen LogP contribution >= 0.6 is 0 Å². The van der Waals surface area contributed by atoms with Gasteiger partial charge in [-0.1, -0.05) is 25.6 Å². The summed E-state index contributed by atoms with van der Waals surface area (Å²) < 4.78 is 2.32. The minimum absolute atomic E-state index is 0. The largest absolute Gasteiger partial charge is 0.378 e. The Bertz CT molecular complexity index is 948. The molecule has 24 heavy (non-hydrogen) atoms. The predicted molar refractivity (Wildman–Crippen MR) is 105 cm³/mol. The number of aryl methyl sites for hydroxylation is 1. The van der Waals surface area contributed by atoms with E-state index in [4.69, 9.17) is 0 Å². The van der Waals surface area contributed by atoms with Crippen molar-refractivity contribution in [3.63, 3.8) is 0 Å². The van der Waals surface area contributed by atoms with Crippen LogP contribution in [0.2, 0.25) is 0 Å². The Balaban J connectivity index is 0.00000169. The molecule has 4 rings (SSSR count). The molecule has 0 aliphatic carbocycles. The van der Waals surface area contributed by atoms with Crippen molar-refractivity contribution in [2.75, 3.05) is 26.0 Å². The summed E-state index contributed by atoms with van der Waals surface area (Å²) in [4.78, 5) is 2.13. The highest BCUT2D eigenvalue weighted by atomic mass is 15.1. The summed E-state index contributed by atoms with van der Waals surface area (Å²) in [6, 6.07) is 19.9. The molecule has 0 atom stereocenters. The first kappa shape index (κ1) is 16.3. The van der Waals surface area contributed by atoms with E-state index in [1.54, 1.807) is 0 Å². The second kappa shape index (κ2) is 5.79. The first-order valence-corrected chi connectivity index (χ1v) is 7.99. The van der Waals surface area contributed by atoms with E-state index in [1.807, 2.05) is 0 Å². The molecule has 0 unspecified atom stereocenters. The van der Waals surface area contributed by atoms with Crippen molar-refractivity contribution >= 4 is 27.9 Å². The van der Waals surface area contributed by atoms with Crippen molar-refractivity contribution in [2.45, 2.75) is 14.4 Å². The van der Waals surface area contributed by atoms with Crippen LogP contribution in [-0.4, -0.2) is 31.4 Å². The number of hydrogen-bond donors (Lipinski definition) is 0. The van der Waals surface area contributed by atoms with E-state index in [0.717, 1.165) is 0 Å². The zero-order valence-corrected chi connectivity index (χ0v) is 14.1. The molecule has 0 aromatic heterocycles. The molecule has 1 aliphatic rings. The van der Waals surface area contributed by atoms with E-state index < -0.39 is 0 Å². The normalized spacial score (nSPS) is 12.5. The summed E-state index contributed by atoms with van der Waals surface area (Å²) in [5.74, 6) is 0. The summed E-state index contributed by atoms with van der Waals surface area (Å²) in [5, 5.41) is 2.73. The summed E-state index contributed by atoms with van der Waals surface area (Å²) >= 11 is 0. The molecule has 2 nitrogen and oxygen atoms in total. The molecule has 1 aliphatic heterocycles. The average Bonchev–Trinajstić information content (AvgIpc) is 2.84. The third kappa shape index (κ3) is 2.22. The lowest BCUT2D eigenvalue weighted by atomic mass is 9.96. The highest BCUT2D eigenvalue weighted by molar-refractivity contribution is 6.22. The monoisotopic (exact) mass is 317 g/mol. The van der Waals surface area contributed by atoms with Crippen molar-refractivity contribution < 1.29 is 4.58 Å². The van der Waals surface area contributed by atoms with Crippen LogP contribution in [0.4, 0.5) is 11.4 Å². The lowest BCUT2D eigenvalue weighted by Gasteiger charge is -2.12. The Morgan fingerprint density at radius 3 is 2.25 bits per heavy atom. The molecule has 3 aromatic rings. The Hall–Kier alpha value is -2.61. The van der Waals surface area contributed by atoms with Crippen LogP contribution in [0.1, 0.15) is 24.1 Å². The van der Waals surface area contributed by atoms with Gasteiger partial charge in [0.05, 0.1) is 10.9 Å². The molecule has 0 amide bonds. The van der Waals surface area contributed by atoms with Crippen LogP contribution in [0.25, 0.3) is 10.8 Å². The fourth-order valence-electron chi connectivity index (χ4n) is 3.58. The van der Waals surface area contributed by atoms with Crippen molar-refractivity contribution in [1.82, 2.24) is 0 Å². The van der Waals surface area contributed by atoms with Gasteiger partial charge in [0.15, 0.2) is 0 Å². The zero-order valence-electron chi connectivity index (χ0n) is 14.1. The number of anilines is 1. The molecule has 0 N–H and O–H groups in total. The molecule has 122 valence electrons. The van der Waals surface area contributed by atoms with Gasteiger partial charge >= 0.3 is 0 Å². The molecule has 2 heteroatoms. The van der Waals surface area contributed by atoms with Crippen molar-refractivity contribution in [3.05, 3.63) is 71.3 Å². The molecule has 3 aromatic carbocycles. The third-order valence-electron chi connectivity index (χ3n) is 4.85. The first-order chi connectivity index (χ1) is 11.1. The van der Waals surface area contributed by atoms with Crippen LogP contribution in [0.3, 0.4) is 0 Å². The maximum Gasteiger partial charge on any atom is 0.220 e. The molecular formula is C22H25N2+. The van der Waals surface area contributed by atoms with Crippen molar-refractivity contribution in [3.8, 4) is 0 Å². The molecule has 0 radical (unpaired) electrons. The number of nitrogens with zero attached hydrogens (tertiary/aromatic N) is 2. The quantitative estimate of drug-likeness (QED) is 0.604. The van der Waals surface area contributed by atoms with E-state index in [2.05, 4.69) is 92.1 Å². The van der Waals surface area contributed by atoms with Gasteiger partial charge in [0.1, 0.15) is 7.05 Å². The van der Waals surface area contributed by atoms with Gasteiger partial charge in [0, 0.05) is 31.4 Å². The van der Waals surface area contributed by atoms with Crippen molar-refractivity contribution in [2.24, 2.45) is 0 Å². The Morgan fingerprint density at radius 2 is 1.58 bits per heavy atom. The first-order valence-electron chi connectivity index (χ1n) is 7.99. The molecule has 1 heterocycles. The number of rotatable bonds is 2. The fraction of sp³-hybridized carbons (Fsp3) is 0.227. The van der Waals surface area contributed by atoms with Crippen LogP contribution in [0.15, 0.2) is 54.6 Å². The lowest BCUT2D eigenvalue weighted by Crippen LogP contribution is -2.12. The molecular weight excluding hydrogens is 292 g/mol.